The van der Waals surface area contributed by atoms with Crippen LogP contribution in [0, 0.1) is 0 Å². The van der Waals surface area contributed by atoms with Gasteiger partial charge in [0.2, 0.25) is 0 Å². The molecule has 17 heavy (non-hydrogen) atoms. The monoisotopic (exact) mass is 302 g/mol. The van der Waals surface area contributed by atoms with E-state index in [0.29, 0.717) is 18.7 Å². The zero-order valence-corrected chi connectivity index (χ0v) is 10.9. The van der Waals surface area contributed by atoms with Crippen molar-refractivity contribution in [3.05, 3.63) is 22.4 Å². The fourth-order valence-corrected chi connectivity index (χ4v) is 1.72. The Morgan fingerprint density at radius 2 is 2.12 bits per heavy atom. The van der Waals surface area contributed by atoms with Crippen LogP contribution in [-0.2, 0) is 4.79 Å². The zero-order valence-electron chi connectivity index (χ0n) is 9.33. The van der Waals surface area contributed by atoms with Gasteiger partial charge in [-0.1, -0.05) is 6.42 Å². The number of amides is 1. The summed E-state index contributed by atoms with van der Waals surface area (Å²) >= 11 is 3.25. The zero-order chi connectivity index (χ0) is 12.7. The average Bonchev–Trinajstić information content (AvgIpc) is 2.69. The summed E-state index contributed by atoms with van der Waals surface area (Å²) in [5, 5.41) is 11.2. The van der Waals surface area contributed by atoms with Crippen molar-refractivity contribution in [2.45, 2.75) is 25.7 Å². The number of unbranched alkanes of at least 4 members (excludes halogenated alkanes) is 2. The van der Waals surface area contributed by atoms with Crippen molar-refractivity contribution in [2.75, 3.05) is 6.54 Å². The average molecular weight is 303 g/mol. The van der Waals surface area contributed by atoms with Gasteiger partial charge in [0.1, 0.15) is 5.69 Å². The van der Waals surface area contributed by atoms with Gasteiger partial charge >= 0.3 is 5.97 Å². The van der Waals surface area contributed by atoms with Crippen LogP contribution in [-0.4, -0.2) is 28.5 Å². The van der Waals surface area contributed by atoms with Gasteiger partial charge in [0.05, 0.1) is 0 Å². The first-order chi connectivity index (χ1) is 8.09. The molecule has 94 valence electrons. The minimum absolute atomic E-state index is 0.145. The van der Waals surface area contributed by atoms with Crippen LogP contribution in [0.4, 0.5) is 0 Å². The van der Waals surface area contributed by atoms with Crippen molar-refractivity contribution in [3.8, 4) is 0 Å². The summed E-state index contributed by atoms with van der Waals surface area (Å²) in [5.74, 6) is -0.917. The van der Waals surface area contributed by atoms with Crippen LogP contribution < -0.4 is 5.32 Å². The Labute approximate surface area is 108 Å². The maximum absolute atomic E-state index is 11.5. The Balaban J connectivity index is 2.11. The smallest absolute Gasteiger partial charge is 0.303 e. The Kier molecular flexibility index (Phi) is 5.76. The number of carboxylic acids is 1. The highest BCUT2D eigenvalue weighted by atomic mass is 79.9. The number of H-pyrrole nitrogens is 1. The highest BCUT2D eigenvalue weighted by molar-refractivity contribution is 9.10. The molecule has 0 bridgehead atoms. The van der Waals surface area contributed by atoms with Crippen molar-refractivity contribution >= 4 is 27.8 Å². The Morgan fingerprint density at radius 3 is 2.71 bits per heavy atom. The van der Waals surface area contributed by atoms with Gasteiger partial charge in [0, 0.05) is 23.6 Å². The second kappa shape index (κ2) is 7.11. The Morgan fingerprint density at radius 1 is 1.35 bits per heavy atom. The maximum Gasteiger partial charge on any atom is 0.303 e. The molecule has 1 aromatic rings. The number of aromatic nitrogens is 1. The topological polar surface area (TPSA) is 82.2 Å². The second-order valence-electron chi connectivity index (χ2n) is 3.69. The standard InChI is InChI=1S/C11H15BrN2O3/c12-8-6-9(14-7-8)11(17)13-5-3-1-2-4-10(15)16/h6-7,14H,1-5H2,(H,13,17)(H,15,16). The number of aliphatic carboxylic acids is 1. The molecule has 5 nitrogen and oxygen atoms in total. The van der Waals surface area contributed by atoms with Crippen molar-refractivity contribution in [2.24, 2.45) is 0 Å². The number of hydrogen-bond donors (Lipinski definition) is 3. The van der Waals surface area contributed by atoms with Crippen molar-refractivity contribution in [1.29, 1.82) is 0 Å². The molecule has 0 aromatic carbocycles. The lowest BCUT2D eigenvalue weighted by molar-refractivity contribution is -0.137. The molecular weight excluding hydrogens is 288 g/mol. The molecule has 1 amide bonds. The predicted molar refractivity (Wildman–Crippen MR) is 66.9 cm³/mol. The molecule has 1 heterocycles. The minimum atomic E-state index is -0.773. The van der Waals surface area contributed by atoms with E-state index in [-0.39, 0.29) is 12.3 Å². The Bertz CT molecular complexity index is 390. The molecule has 3 N–H and O–H groups in total. The van der Waals surface area contributed by atoms with E-state index in [4.69, 9.17) is 5.11 Å². The molecule has 0 unspecified atom stereocenters. The third-order valence-electron chi connectivity index (χ3n) is 2.25. The largest absolute Gasteiger partial charge is 0.481 e. The first-order valence-corrected chi connectivity index (χ1v) is 6.23. The van der Waals surface area contributed by atoms with Crippen LogP contribution >= 0.6 is 15.9 Å². The van der Waals surface area contributed by atoms with Gasteiger partial charge in [-0.3, -0.25) is 9.59 Å². The Hall–Kier alpha value is -1.30. The normalized spacial score (nSPS) is 10.2. The molecule has 1 aromatic heterocycles. The maximum atomic E-state index is 11.5. The van der Waals surface area contributed by atoms with E-state index in [1.54, 1.807) is 12.3 Å². The SMILES string of the molecule is O=C(O)CCCCCNC(=O)c1cc(Br)c[nH]1. The fraction of sp³-hybridized carbons (Fsp3) is 0.455. The van der Waals surface area contributed by atoms with Crippen LogP contribution in [0.15, 0.2) is 16.7 Å². The van der Waals surface area contributed by atoms with Crippen molar-refractivity contribution in [1.82, 2.24) is 10.3 Å². The summed E-state index contributed by atoms with van der Waals surface area (Å²) in [6, 6.07) is 1.71. The van der Waals surface area contributed by atoms with Gasteiger partial charge < -0.3 is 15.4 Å². The highest BCUT2D eigenvalue weighted by Gasteiger charge is 2.06. The molecule has 0 aliphatic rings. The quantitative estimate of drug-likeness (QED) is 0.675. The highest BCUT2D eigenvalue weighted by Crippen LogP contribution is 2.10. The third kappa shape index (κ3) is 5.53. The number of carboxylic acid groups (broad SMARTS) is 1. The molecule has 1 rings (SSSR count). The van der Waals surface area contributed by atoms with Crippen molar-refractivity contribution < 1.29 is 14.7 Å². The number of rotatable bonds is 7. The fourth-order valence-electron chi connectivity index (χ4n) is 1.37. The molecule has 0 aliphatic heterocycles. The van der Waals surface area contributed by atoms with Gasteiger partial charge in [0.15, 0.2) is 0 Å². The van der Waals surface area contributed by atoms with Gasteiger partial charge in [-0.15, -0.1) is 0 Å². The van der Waals surface area contributed by atoms with Crippen LogP contribution in [0.25, 0.3) is 0 Å². The molecule has 0 saturated heterocycles. The lowest BCUT2D eigenvalue weighted by Gasteiger charge is -2.02. The summed E-state index contributed by atoms with van der Waals surface area (Å²) < 4.78 is 0.837. The molecule has 0 spiro atoms. The third-order valence-corrected chi connectivity index (χ3v) is 2.70. The first kappa shape index (κ1) is 13.8. The lowest BCUT2D eigenvalue weighted by atomic mass is 10.2. The molecule has 0 aliphatic carbocycles. The molecular formula is C11H15BrN2O3. The van der Waals surface area contributed by atoms with E-state index in [2.05, 4.69) is 26.2 Å². The van der Waals surface area contributed by atoms with Crippen LogP contribution in [0.5, 0.6) is 0 Å². The van der Waals surface area contributed by atoms with Crippen molar-refractivity contribution in [3.63, 3.8) is 0 Å². The summed E-state index contributed by atoms with van der Waals surface area (Å²) in [4.78, 5) is 24.6. The van der Waals surface area contributed by atoms with Gasteiger partial charge in [-0.25, -0.2) is 0 Å². The molecule has 6 heteroatoms. The number of carbonyl (C=O) groups excluding carboxylic acids is 1. The number of nitrogens with one attached hydrogen (secondary N) is 2. The summed E-state index contributed by atoms with van der Waals surface area (Å²) in [6.45, 7) is 0.565. The molecule has 0 saturated carbocycles. The summed E-state index contributed by atoms with van der Waals surface area (Å²) in [5.41, 5.74) is 0.516. The lowest BCUT2D eigenvalue weighted by Crippen LogP contribution is -2.24. The number of halogens is 1. The molecule has 0 radical (unpaired) electrons. The second-order valence-corrected chi connectivity index (χ2v) is 4.61. The first-order valence-electron chi connectivity index (χ1n) is 5.43. The van der Waals surface area contributed by atoms with E-state index in [0.717, 1.165) is 17.3 Å². The molecule has 0 fully saturated rings. The number of aromatic amines is 1. The summed E-state index contributed by atoms with van der Waals surface area (Å²) in [7, 11) is 0. The minimum Gasteiger partial charge on any atom is -0.481 e. The molecule has 0 atom stereocenters. The van der Waals surface area contributed by atoms with E-state index in [1.165, 1.54) is 0 Å². The van der Waals surface area contributed by atoms with E-state index in [1.807, 2.05) is 0 Å². The van der Waals surface area contributed by atoms with Crippen LogP contribution in [0.3, 0.4) is 0 Å². The van der Waals surface area contributed by atoms with E-state index >= 15 is 0 Å². The van der Waals surface area contributed by atoms with E-state index < -0.39 is 5.97 Å². The number of hydrogen-bond acceptors (Lipinski definition) is 2. The number of carbonyl (C=O) groups is 2. The van der Waals surface area contributed by atoms with Gasteiger partial charge in [-0.05, 0) is 34.8 Å². The van der Waals surface area contributed by atoms with Crippen LogP contribution in [0.2, 0.25) is 0 Å². The van der Waals surface area contributed by atoms with E-state index in [9.17, 15) is 9.59 Å². The van der Waals surface area contributed by atoms with Gasteiger partial charge in [0.25, 0.3) is 5.91 Å². The van der Waals surface area contributed by atoms with Crippen LogP contribution in [0.1, 0.15) is 36.2 Å². The summed E-state index contributed by atoms with van der Waals surface area (Å²) in [6.07, 6.45) is 4.14. The van der Waals surface area contributed by atoms with Gasteiger partial charge in [-0.2, -0.15) is 0 Å². The predicted octanol–water partition coefficient (Wildman–Crippen LogP) is 2.15.